The molecule has 1 aliphatic rings. The van der Waals surface area contributed by atoms with Gasteiger partial charge in [-0.2, -0.15) is 26.3 Å². The van der Waals surface area contributed by atoms with Crippen molar-refractivity contribution >= 4 is 17.6 Å². The fourth-order valence-electron chi connectivity index (χ4n) is 3.95. The van der Waals surface area contributed by atoms with Crippen molar-refractivity contribution in [1.29, 1.82) is 0 Å². The summed E-state index contributed by atoms with van der Waals surface area (Å²) in [5.74, 6) is -12.3. The molecule has 35 heavy (non-hydrogen) atoms. The van der Waals surface area contributed by atoms with E-state index >= 15 is 0 Å². The van der Waals surface area contributed by atoms with E-state index in [0.29, 0.717) is 29.6 Å². The second kappa shape index (κ2) is 9.58. The van der Waals surface area contributed by atoms with Gasteiger partial charge in [-0.3, -0.25) is 19.7 Å². The number of benzene rings is 1. The lowest BCUT2D eigenvalue weighted by molar-refractivity contribution is -0.385. The number of nitro groups is 1. The number of nitrogens with one attached hydrogen (secondary N) is 1. The van der Waals surface area contributed by atoms with Crippen molar-refractivity contribution in [3.05, 3.63) is 39.9 Å². The van der Waals surface area contributed by atoms with Crippen molar-refractivity contribution in [3.8, 4) is 0 Å². The molecule has 10 nitrogen and oxygen atoms in total. The Morgan fingerprint density at radius 3 is 1.60 bits per heavy atom. The average Bonchev–Trinajstić information content (AvgIpc) is 2.71. The molecule has 3 N–H and O–H groups in total. The van der Waals surface area contributed by atoms with E-state index in [-0.39, 0.29) is 0 Å². The molecule has 0 aliphatic carbocycles. The fourth-order valence-corrected chi connectivity index (χ4v) is 3.95. The summed E-state index contributed by atoms with van der Waals surface area (Å²) in [6.07, 6.45) is -12.1. The zero-order valence-electron chi connectivity index (χ0n) is 18.0. The summed E-state index contributed by atoms with van der Waals surface area (Å²) in [6.45, 7) is 1.20. The Kier molecular flexibility index (Phi) is 7.73. The highest BCUT2D eigenvalue weighted by Crippen LogP contribution is 2.55. The van der Waals surface area contributed by atoms with Crippen LogP contribution in [-0.2, 0) is 19.1 Å². The number of nitro benzene ring substituents is 1. The number of esters is 2. The van der Waals surface area contributed by atoms with Crippen LogP contribution in [0.3, 0.4) is 0 Å². The van der Waals surface area contributed by atoms with E-state index in [9.17, 15) is 56.3 Å². The molecule has 1 heterocycles. The number of rotatable bonds is 6. The molecule has 1 aromatic rings. The van der Waals surface area contributed by atoms with E-state index in [1.54, 1.807) is 0 Å². The van der Waals surface area contributed by atoms with Crippen molar-refractivity contribution in [2.75, 3.05) is 13.2 Å². The molecule has 1 aromatic carbocycles. The molecule has 0 radical (unpaired) electrons. The van der Waals surface area contributed by atoms with Gasteiger partial charge in [-0.15, -0.1) is 0 Å². The van der Waals surface area contributed by atoms with Crippen molar-refractivity contribution in [2.45, 2.75) is 43.6 Å². The Balaban J connectivity index is 2.97. The molecule has 0 spiro atoms. The Bertz CT molecular complexity index is 922. The molecule has 196 valence electrons. The predicted molar refractivity (Wildman–Crippen MR) is 101 cm³/mol. The quantitative estimate of drug-likeness (QED) is 0.223. The topological polar surface area (TPSA) is 148 Å². The SMILES string of the molecule is CCOC(=O)[C@@H]1C(c2ccc([N+](=O)[O-])cc2)[C@H](C(=O)OCC)C(O)(C(F)(F)F)NC1(O)C(F)(F)F. The van der Waals surface area contributed by atoms with Gasteiger partial charge in [0.25, 0.3) is 5.69 Å². The van der Waals surface area contributed by atoms with Crippen molar-refractivity contribution in [1.82, 2.24) is 5.32 Å². The van der Waals surface area contributed by atoms with E-state index in [1.165, 1.54) is 0 Å². The lowest BCUT2D eigenvalue weighted by atomic mass is 9.64. The lowest BCUT2D eigenvalue weighted by Gasteiger charge is -2.54. The van der Waals surface area contributed by atoms with Crippen LogP contribution in [0.25, 0.3) is 0 Å². The number of ether oxygens (including phenoxy) is 2. The first kappa shape index (κ1) is 28.3. The molecule has 2 rings (SSSR count). The first-order chi connectivity index (χ1) is 16.0. The van der Waals surface area contributed by atoms with Gasteiger partial charge in [0.15, 0.2) is 0 Å². The second-order valence-corrected chi connectivity index (χ2v) is 7.49. The number of hydrogen-bond donors (Lipinski definition) is 3. The van der Waals surface area contributed by atoms with Gasteiger partial charge in [0.2, 0.25) is 11.4 Å². The van der Waals surface area contributed by atoms with Crippen LogP contribution in [0.4, 0.5) is 32.0 Å². The Labute approximate surface area is 193 Å². The normalized spacial score (nSPS) is 29.4. The summed E-state index contributed by atoms with van der Waals surface area (Å²) >= 11 is 0. The van der Waals surface area contributed by atoms with Crippen LogP contribution < -0.4 is 5.32 Å². The standard InChI is InChI=1S/C19H20F6N2O8/c1-3-34-14(28)12-11(9-5-7-10(8-6-9)27(32)33)13(15(29)35-4-2)17(31,19(23,24)25)26-16(12,30)18(20,21)22/h5-8,11-13,26,30-31H,3-4H2,1-2H3/t11?,12-,13+,16?,17?. The number of hydrogen-bond acceptors (Lipinski definition) is 9. The first-order valence-electron chi connectivity index (χ1n) is 9.91. The van der Waals surface area contributed by atoms with Crippen molar-refractivity contribution < 1.29 is 60.5 Å². The van der Waals surface area contributed by atoms with Crippen molar-refractivity contribution in [3.63, 3.8) is 0 Å². The molecule has 1 fully saturated rings. The molecular weight excluding hydrogens is 498 g/mol. The van der Waals surface area contributed by atoms with Crippen LogP contribution in [0, 0.1) is 22.0 Å². The molecule has 1 aliphatic heterocycles. The minimum Gasteiger partial charge on any atom is -0.466 e. The molecule has 3 unspecified atom stereocenters. The molecule has 0 aromatic heterocycles. The van der Waals surface area contributed by atoms with Crippen LogP contribution in [0.2, 0.25) is 0 Å². The molecular formula is C19H20F6N2O8. The highest BCUT2D eigenvalue weighted by Gasteiger charge is 2.78. The van der Waals surface area contributed by atoms with E-state index in [4.69, 9.17) is 0 Å². The third kappa shape index (κ3) is 4.90. The van der Waals surface area contributed by atoms with Crippen LogP contribution in [0.5, 0.6) is 0 Å². The lowest BCUT2D eigenvalue weighted by Crippen LogP contribution is -2.81. The summed E-state index contributed by atoms with van der Waals surface area (Å²) in [6, 6.07) is 2.78. The number of alkyl halides is 6. The fraction of sp³-hybridized carbons (Fsp3) is 0.579. The van der Waals surface area contributed by atoms with E-state index in [0.717, 1.165) is 13.8 Å². The van der Waals surface area contributed by atoms with E-state index in [2.05, 4.69) is 9.47 Å². The van der Waals surface area contributed by atoms with Gasteiger partial charge in [0.05, 0.1) is 18.1 Å². The Morgan fingerprint density at radius 2 is 1.31 bits per heavy atom. The third-order valence-corrected chi connectivity index (χ3v) is 5.43. The highest BCUT2D eigenvalue weighted by molar-refractivity contribution is 5.81. The maximum absolute atomic E-state index is 14.0. The van der Waals surface area contributed by atoms with Gasteiger partial charge in [-0.25, -0.2) is 5.32 Å². The number of piperidine rings is 1. The number of nitrogens with zero attached hydrogens (tertiary/aromatic N) is 1. The molecule has 0 bridgehead atoms. The zero-order chi connectivity index (χ0) is 27.0. The predicted octanol–water partition coefficient (Wildman–Crippen LogP) is 2.14. The average molecular weight is 518 g/mol. The molecule has 1 saturated heterocycles. The Morgan fingerprint density at radius 1 is 0.943 bits per heavy atom. The summed E-state index contributed by atoms with van der Waals surface area (Å²) in [5, 5.41) is 32.6. The van der Waals surface area contributed by atoms with Crippen LogP contribution in [0.1, 0.15) is 25.3 Å². The Hall–Kier alpha value is -2.98. The maximum atomic E-state index is 14.0. The van der Waals surface area contributed by atoms with Gasteiger partial charge in [-0.05, 0) is 19.4 Å². The van der Waals surface area contributed by atoms with Crippen LogP contribution in [-0.4, -0.2) is 64.1 Å². The third-order valence-electron chi connectivity index (χ3n) is 5.43. The molecule has 0 amide bonds. The van der Waals surface area contributed by atoms with Crippen molar-refractivity contribution in [2.24, 2.45) is 11.8 Å². The van der Waals surface area contributed by atoms with Gasteiger partial charge in [-0.1, -0.05) is 12.1 Å². The number of non-ortho nitro benzene ring substituents is 1. The zero-order valence-corrected chi connectivity index (χ0v) is 18.0. The summed E-state index contributed by atoms with van der Waals surface area (Å²) in [4.78, 5) is 35.3. The molecule has 16 heteroatoms. The highest BCUT2D eigenvalue weighted by atomic mass is 19.4. The van der Waals surface area contributed by atoms with Gasteiger partial charge in [0, 0.05) is 18.1 Å². The first-order valence-corrected chi connectivity index (χ1v) is 9.91. The van der Waals surface area contributed by atoms with Crippen LogP contribution in [0.15, 0.2) is 24.3 Å². The minimum absolute atomic E-state index is 0.566. The van der Waals surface area contributed by atoms with Gasteiger partial charge < -0.3 is 19.7 Å². The summed E-state index contributed by atoms with van der Waals surface area (Å²) in [5.41, 5.74) is -10.8. The number of halogens is 6. The smallest absolute Gasteiger partial charge is 0.432 e. The minimum atomic E-state index is -6.03. The van der Waals surface area contributed by atoms with E-state index in [1.807, 2.05) is 0 Å². The summed E-state index contributed by atoms with van der Waals surface area (Å²) < 4.78 is 93.4. The second-order valence-electron chi connectivity index (χ2n) is 7.49. The number of carbonyl (C=O) groups excluding carboxylic acids is 2. The molecule has 0 saturated carbocycles. The number of aliphatic hydroxyl groups is 2. The van der Waals surface area contributed by atoms with Gasteiger partial charge >= 0.3 is 24.3 Å². The molecule has 5 atom stereocenters. The maximum Gasteiger partial charge on any atom is 0.432 e. The van der Waals surface area contributed by atoms with Gasteiger partial charge in [0.1, 0.15) is 11.8 Å². The monoisotopic (exact) mass is 518 g/mol. The number of carbonyl (C=O) groups is 2. The largest absolute Gasteiger partial charge is 0.466 e. The van der Waals surface area contributed by atoms with Crippen LogP contribution >= 0.6 is 0 Å². The summed E-state index contributed by atoms with van der Waals surface area (Å²) in [7, 11) is 0. The van der Waals surface area contributed by atoms with E-state index < -0.39 is 82.9 Å².